The molecule has 2 saturated carbocycles. The summed E-state index contributed by atoms with van der Waals surface area (Å²) in [6.45, 7) is -0.681. The number of hydrogen-bond acceptors (Lipinski definition) is 10. The third-order valence-corrected chi connectivity index (χ3v) is 12.6. The van der Waals surface area contributed by atoms with Gasteiger partial charge in [-0.25, -0.2) is 18.7 Å². The lowest BCUT2D eigenvalue weighted by molar-refractivity contribution is -0.143. The summed E-state index contributed by atoms with van der Waals surface area (Å²) < 4.78 is 81.4. The summed E-state index contributed by atoms with van der Waals surface area (Å²) in [5.74, 6) is -3.16. The molecule has 18 heteroatoms. The predicted octanol–water partition coefficient (Wildman–Crippen LogP) is 5.57. The Balaban J connectivity index is 0.711. The molecule has 4 amide bonds. The number of ether oxygens (including phenoxy) is 4. The van der Waals surface area contributed by atoms with Crippen molar-refractivity contribution >= 4 is 23.6 Å². The van der Waals surface area contributed by atoms with Crippen molar-refractivity contribution in [2.45, 2.75) is 86.9 Å². The van der Waals surface area contributed by atoms with Crippen molar-refractivity contribution in [1.29, 1.82) is 0 Å². The standard InChI is InChI=1S/C50H56F4N6O8/c51-35-25-41(49(63)57-45(33-7-3-1-4-8-33)39-17-15-37(31-11-12-31)47(53)55-39)59(27-35)43(61)29-67-23-21-65-19-20-66-22-24-68-30-44(62)60-28-36(52)26-42(60)50(64)58-46(34-9-5-2-6-10-34)40-18-16-38(32-13-14-32)48(54)56-40/h1-10,15-18,31-32,35-36,41-42,45-46H,11-14,19-30H2,(H,57,63)(H,58,64)/t35-,36-,41+,42+,45+,46+/m1/s1. The number of aromatic nitrogens is 2. The van der Waals surface area contributed by atoms with Crippen molar-refractivity contribution in [2.75, 3.05) is 65.9 Å². The van der Waals surface area contributed by atoms with Crippen LogP contribution < -0.4 is 10.6 Å². The molecular weight excluding hydrogens is 889 g/mol. The summed E-state index contributed by atoms with van der Waals surface area (Å²) in [5.41, 5.74) is 2.98. The van der Waals surface area contributed by atoms with Crippen LogP contribution in [-0.4, -0.2) is 134 Å². The summed E-state index contributed by atoms with van der Waals surface area (Å²) >= 11 is 0. The zero-order valence-corrected chi connectivity index (χ0v) is 37.6. The molecule has 68 heavy (non-hydrogen) atoms. The van der Waals surface area contributed by atoms with Gasteiger partial charge in [0, 0.05) is 24.0 Å². The van der Waals surface area contributed by atoms with Gasteiger partial charge in [0.1, 0.15) is 37.6 Å². The Bertz CT molecular complexity index is 2200. The Hall–Kier alpha value is -5.82. The van der Waals surface area contributed by atoms with Crippen molar-refractivity contribution < 1.29 is 55.7 Å². The molecule has 8 rings (SSSR count). The first-order valence-electron chi connectivity index (χ1n) is 23.2. The minimum atomic E-state index is -1.42. The second-order valence-electron chi connectivity index (χ2n) is 17.6. The highest BCUT2D eigenvalue weighted by molar-refractivity contribution is 5.90. The third kappa shape index (κ3) is 12.6. The van der Waals surface area contributed by atoms with Crippen LogP contribution in [0.15, 0.2) is 84.9 Å². The van der Waals surface area contributed by atoms with E-state index in [1.165, 1.54) is 0 Å². The lowest BCUT2D eigenvalue weighted by Crippen LogP contribution is -2.48. The van der Waals surface area contributed by atoms with Crippen molar-refractivity contribution in [3.63, 3.8) is 0 Å². The SMILES string of the molecule is O=C(N[C@@H](c1ccccc1)c1ccc(C2CC2)c(F)n1)[C@@H]1C[C@@H](F)CN1C(=O)COCCOCCOCCOCC(=O)N1C[C@H](F)C[C@H]1C(=O)N[C@@H](c1ccccc1)c1ccc(C2CC2)c(F)n1. The maximum atomic E-state index is 15.0. The first-order valence-corrected chi connectivity index (χ1v) is 23.2. The number of carbonyl (C=O) groups is 4. The Morgan fingerprint density at radius 1 is 0.544 bits per heavy atom. The number of amides is 4. The van der Waals surface area contributed by atoms with E-state index >= 15 is 0 Å². The zero-order valence-electron chi connectivity index (χ0n) is 37.6. The average Bonchev–Trinajstić information content (AvgIpc) is 4.29. The van der Waals surface area contributed by atoms with Crippen LogP contribution in [0.25, 0.3) is 0 Å². The number of pyridine rings is 2. The molecule has 4 heterocycles. The first-order chi connectivity index (χ1) is 33.0. The molecule has 0 spiro atoms. The van der Waals surface area contributed by atoms with E-state index in [2.05, 4.69) is 20.6 Å². The van der Waals surface area contributed by atoms with E-state index in [9.17, 15) is 36.7 Å². The van der Waals surface area contributed by atoms with E-state index < -0.39 is 85.2 Å². The second-order valence-corrected chi connectivity index (χ2v) is 17.6. The van der Waals surface area contributed by atoms with Gasteiger partial charge in [-0.1, -0.05) is 72.8 Å². The number of likely N-dealkylation sites (tertiary alicyclic amines) is 2. The van der Waals surface area contributed by atoms with Crippen LogP contribution in [0.3, 0.4) is 0 Å². The molecule has 2 saturated heterocycles. The Morgan fingerprint density at radius 3 is 1.26 bits per heavy atom. The van der Waals surface area contributed by atoms with E-state index in [0.717, 1.165) is 35.5 Å². The lowest BCUT2D eigenvalue weighted by Gasteiger charge is -2.26. The van der Waals surface area contributed by atoms with Crippen molar-refractivity contribution in [1.82, 2.24) is 30.4 Å². The largest absolute Gasteiger partial charge is 0.377 e. The highest BCUT2D eigenvalue weighted by Gasteiger charge is 2.42. The highest BCUT2D eigenvalue weighted by Crippen LogP contribution is 2.42. The van der Waals surface area contributed by atoms with Gasteiger partial charge in [-0.3, -0.25) is 19.2 Å². The Morgan fingerprint density at radius 2 is 0.912 bits per heavy atom. The number of alkyl halides is 2. The molecule has 4 aliphatic rings. The molecule has 4 fully saturated rings. The lowest BCUT2D eigenvalue weighted by atomic mass is 10.0. The molecule has 362 valence electrons. The minimum Gasteiger partial charge on any atom is -0.377 e. The van der Waals surface area contributed by atoms with Crippen LogP contribution >= 0.6 is 0 Å². The molecule has 0 radical (unpaired) electrons. The van der Waals surface area contributed by atoms with Gasteiger partial charge in [-0.2, -0.15) is 8.78 Å². The third-order valence-electron chi connectivity index (χ3n) is 12.6. The summed E-state index contributed by atoms with van der Waals surface area (Å²) in [4.78, 5) is 64.2. The maximum Gasteiger partial charge on any atom is 0.249 e. The van der Waals surface area contributed by atoms with E-state index in [4.69, 9.17) is 18.9 Å². The Labute approximate surface area is 392 Å². The van der Waals surface area contributed by atoms with Gasteiger partial charge in [0.05, 0.1) is 76.2 Å². The van der Waals surface area contributed by atoms with Crippen LogP contribution in [-0.2, 0) is 38.1 Å². The number of rotatable bonds is 23. The fourth-order valence-corrected chi connectivity index (χ4v) is 8.72. The second kappa shape index (κ2) is 23.0. The topological polar surface area (TPSA) is 162 Å². The quantitative estimate of drug-likeness (QED) is 0.0547. The fourth-order valence-electron chi connectivity index (χ4n) is 8.72. The van der Waals surface area contributed by atoms with Gasteiger partial charge >= 0.3 is 0 Å². The maximum absolute atomic E-state index is 15.0. The first kappa shape index (κ1) is 48.6. The van der Waals surface area contributed by atoms with Gasteiger partial charge in [0.15, 0.2) is 0 Å². The van der Waals surface area contributed by atoms with E-state index in [-0.39, 0.29) is 77.4 Å². The molecule has 0 bridgehead atoms. The molecule has 2 aromatic heterocycles. The van der Waals surface area contributed by atoms with Crippen molar-refractivity contribution in [2.24, 2.45) is 0 Å². The number of nitrogens with one attached hydrogen (secondary N) is 2. The summed E-state index contributed by atoms with van der Waals surface area (Å²) in [6, 6.07) is 20.8. The number of hydrogen-bond donors (Lipinski definition) is 2. The molecule has 14 nitrogen and oxygen atoms in total. The van der Waals surface area contributed by atoms with Crippen molar-refractivity contribution in [3.05, 3.63) is 130 Å². The fraction of sp³-hybridized carbons (Fsp3) is 0.480. The normalized spacial score (nSPS) is 21.1. The predicted molar refractivity (Wildman–Crippen MR) is 238 cm³/mol. The van der Waals surface area contributed by atoms with Gasteiger partial charge in [-0.05, 0) is 60.8 Å². The minimum absolute atomic E-state index is 0.0377. The van der Waals surface area contributed by atoms with E-state index in [1.807, 2.05) is 12.1 Å². The number of benzene rings is 2. The number of nitrogens with zero attached hydrogens (tertiary/aromatic N) is 4. The molecule has 6 atom stereocenters. The smallest absolute Gasteiger partial charge is 0.249 e. The van der Waals surface area contributed by atoms with Gasteiger partial charge < -0.3 is 39.4 Å². The van der Waals surface area contributed by atoms with E-state index in [0.29, 0.717) is 33.6 Å². The van der Waals surface area contributed by atoms with E-state index in [1.54, 1.807) is 72.8 Å². The highest BCUT2D eigenvalue weighted by atomic mass is 19.1. The van der Waals surface area contributed by atoms with Crippen molar-refractivity contribution in [3.8, 4) is 0 Å². The molecule has 2 N–H and O–H groups in total. The van der Waals surface area contributed by atoms with Gasteiger partial charge in [0.25, 0.3) is 0 Å². The van der Waals surface area contributed by atoms with Gasteiger partial charge in [-0.15, -0.1) is 0 Å². The Kier molecular flexibility index (Phi) is 16.4. The molecule has 4 aromatic rings. The van der Waals surface area contributed by atoms with Gasteiger partial charge in [0.2, 0.25) is 35.5 Å². The van der Waals surface area contributed by atoms with Crippen LogP contribution in [0.1, 0.15) is 96.1 Å². The molecule has 0 unspecified atom stereocenters. The van der Waals surface area contributed by atoms with Crippen LogP contribution in [0.5, 0.6) is 0 Å². The molecule has 2 aliphatic carbocycles. The average molecular weight is 945 g/mol. The zero-order chi connectivity index (χ0) is 47.6. The molecular formula is C50H56F4N6O8. The molecule has 2 aromatic carbocycles. The molecule has 2 aliphatic heterocycles. The van der Waals surface area contributed by atoms with Crippen LogP contribution in [0.4, 0.5) is 17.6 Å². The number of carbonyl (C=O) groups excluding carboxylic acids is 4. The summed E-state index contributed by atoms with van der Waals surface area (Å²) in [6.07, 6.45) is 0.390. The summed E-state index contributed by atoms with van der Waals surface area (Å²) in [5, 5.41) is 5.76. The number of halogens is 4. The van der Waals surface area contributed by atoms with Crippen LogP contribution in [0, 0.1) is 11.9 Å². The monoisotopic (exact) mass is 944 g/mol. The summed E-state index contributed by atoms with van der Waals surface area (Å²) in [7, 11) is 0. The van der Waals surface area contributed by atoms with Crippen LogP contribution in [0.2, 0.25) is 0 Å².